The van der Waals surface area contributed by atoms with Crippen molar-refractivity contribution in [3.63, 3.8) is 0 Å². The van der Waals surface area contributed by atoms with Crippen LogP contribution in [0.4, 0.5) is 0 Å². The van der Waals surface area contributed by atoms with Gasteiger partial charge in [-0.25, -0.2) is 0 Å². The Morgan fingerprint density at radius 1 is 1.59 bits per heavy atom. The molecular formula is C12H19N3O2. The Morgan fingerprint density at radius 3 is 3.00 bits per heavy atom. The van der Waals surface area contributed by atoms with Crippen molar-refractivity contribution in [1.29, 1.82) is 0 Å². The molecule has 1 aromatic heterocycles. The van der Waals surface area contributed by atoms with Crippen LogP contribution in [0.1, 0.15) is 29.9 Å². The number of carbonyl (C=O) groups excluding carboxylic acids is 1. The van der Waals surface area contributed by atoms with Gasteiger partial charge in [-0.1, -0.05) is 5.16 Å². The number of hydrogen-bond donors (Lipinski definition) is 2. The van der Waals surface area contributed by atoms with Crippen molar-refractivity contribution < 1.29 is 9.32 Å². The van der Waals surface area contributed by atoms with Crippen LogP contribution < -0.4 is 10.6 Å². The Bertz CT molecular complexity index is 375. The Labute approximate surface area is 101 Å². The van der Waals surface area contributed by atoms with Gasteiger partial charge in [-0.15, -0.1) is 0 Å². The third kappa shape index (κ3) is 3.06. The van der Waals surface area contributed by atoms with Crippen molar-refractivity contribution in [3.8, 4) is 0 Å². The number of piperidine rings is 1. The van der Waals surface area contributed by atoms with Gasteiger partial charge in [0, 0.05) is 18.2 Å². The highest BCUT2D eigenvalue weighted by atomic mass is 16.5. The molecule has 1 fully saturated rings. The van der Waals surface area contributed by atoms with Crippen molar-refractivity contribution in [1.82, 2.24) is 15.8 Å². The molecule has 0 radical (unpaired) electrons. The molecule has 1 amide bonds. The van der Waals surface area contributed by atoms with Gasteiger partial charge in [-0.2, -0.15) is 0 Å². The third-order valence-electron chi connectivity index (χ3n) is 3.18. The second-order valence-electron chi connectivity index (χ2n) is 4.59. The summed E-state index contributed by atoms with van der Waals surface area (Å²) in [6.07, 6.45) is 2.54. The smallest absolute Gasteiger partial charge is 0.224 e. The fourth-order valence-electron chi connectivity index (χ4n) is 2.17. The van der Waals surface area contributed by atoms with Crippen molar-refractivity contribution >= 4 is 5.91 Å². The van der Waals surface area contributed by atoms with E-state index in [0.717, 1.165) is 42.9 Å². The number of aryl methyl sites for hydroxylation is 2. The highest BCUT2D eigenvalue weighted by Gasteiger charge is 2.18. The second kappa shape index (κ2) is 5.31. The van der Waals surface area contributed by atoms with E-state index in [1.54, 1.807) is 0 Å². The van der Waals surface area contributed by atoms with Gasteiger partial charge >= 0.3 is 0 Å². The van der Waals surface area contributed by atoms with Crippen LogP contribution in [-0.4, -0.2) is 30.2 Å². The number of aromatic nitrogens is 1. The van der Waals surface area contributed by atoms with Crippen LogP contribution in [0.15, 0.2) is 4.52 Å². The van der Waals surface area contributed by atoms with Crippen LogP contribution in [0.25, 0.3) is 0 Å². The first-order valence-electron chi connectivity index (χ1n) is 6.08. The number of hydrogen-bond acceptors (Lipinski definition) is 4. The lowest BCUT2D eigenvalue weighted by Gasteiger charge is -2.23. The fraction of sp³-hybridized carbons (Fsp3) is 0.667. The minimum Gasteiger partial charge on any atom is -0.361 e. The highest BCUT2D eigenvalue weighted by molar-refractivity contribution is 5.79. The lowest BCUT2D eigenvalue weighted by Crippen LogP contribution is -2.46. The predicted molar refractivity (Wildman–Crippen MR) is 63.7 cm³/mol. The molecule has 5 nitrogen and oxygen atoms in total. The molecule has 1 aliphatic rings. The molecule has 0 aromatic carbocycles. The molecule has 5 heteroatoms. The summed E-state index contributed by atoms with van der Waals surface area (Å²) >= 11 is 0. The molecule has 1 saturated heterocycles. The van der Waals surface area contributed by atoms with E-state index < -0.39 is 0 Å². The second-order valence-corrected chi connectivity index (χ2v) is 4.59. The van der Waals surface area contributed by atoms with Crippen LogP contribution >= 0.6 is 0 Å². The largest absolute Gasteiger partial charge is 0.361 e. The Hall–Kier alpha value is -1.36. The summed E-state index contributed by atoms with van der Waals surface area (Å²) in [7, 11) is 0. The molecule has 1 atom stereocenters. The predicted octanol–water partition coefficient (Wildman–Crippen LogP) is 0.702. The average molecular weight is 237 g/mol. The van der Waals surface area contributed by atoms with Gasteiger partial charge in [0.1, 0.15) is 5.76 Å². The zero-order valence-corrected chi connectivity index (χ0v) is 10.4. The normalized spacial score (nSPS) is 20.2. The molecular weight excluding hydrogens is 218 g/mol. The number of nitrogens with zero attached hydrogens (tertiary/aromatic N) is 1. The van der Waals surface area contributed by atoms with Gasteiger partial charge in [0.05, 0.1) is 12.1 Å². The van der Waals surface area contributed by atoms with E-state index in [4.69, 9.17) is 4.52 Å². The molecule has 1 aliphatic heterocycles. The van der Waals surface area contributed by atoms with Crippen LogP contribution in [0.3, 0.4) is 0 Å². The van der Waals surface area contributed by atoms with Gasteiger partial charge in [0.2, 0.25) is 5.91 Å². The highest BCUT2D eigenvalue weighted by Crippen LogP contribution is 2.13. The Kier molecular flexibility index (Phi) is 3.78. The molecule has 0 unspecified atom stereocenters. The zero-order chi connectivity index (χ0) is 12.3. The molecule has 17 heavy (non-hydrogen) atoms. The Morgan fingerprint density at radius 2 is 2.41 bits per heavy atom. The van der Waals surface area contributed by atoms with Gasteiger partial charge < -0.3 is 15.2 Å². The first-order chi connectivity index (χ1) is 8.16. The maximum absolute atomic E-state index is 11.9. The van der Waals surface area contributed by atoms with Gasteiger partial charge in [-0.05, 0) is 33.2 Å². The van der Waals surface area contributed by atoms with Crippen molar-refractivity contribution in [2.75, 3.05) is 13.1 Å². The monoisotopic (exact) mass is 237 g/mol. The number of nitrogens with one attached hydrogen (secondary N) is 2. The quantitative estimate of drug-likeness (QED) is 0.812. The molecule has 1 aromatic rings. The Balaban J connectivity index is 1.88. The van der Waals surface area contributed by atoms with Gasteiger partial charge in [-0.3, -0.25) is 4.79 Å². The summed E-state index contributed by atoms with van der Waals surface area (Å²) in [6.45, 7) is 5.62. The third-order valence-corrected chi connectivity index (χ3v) is 3.18. The summed E-state index contributed by atoms with van der Waals surface area (Å²) in [6, 6.07) is 0.261. The summed E-state index contributed by atoms with van der Waals surface area (Å²) < 4.78 is 5.04. The van der Waals surface area contributed by atoms with Gasteiger partial charge in [0.25, 0.3) is 0 Å². The van der Waals surface area contributed by atoms with Crippen LogP contribution in [0.5, 0.6) is 0 Å². The van der Waals surface area contributed by atoms with Crippen molar-refractivity contribution in [3.05, 3.63) is 17.0 Å². The maximum Gasteiger partial charge on any atom is 0.224 e. The number of amides is 1. The van der Waals surface area contributed by atoms with Crippen LogP contribution in [-0.2, 0) is 11.2 Å². The first-order valence-corrected chi connectivity index (χ1v) is 6.08. The minimum atomic E-state index is 0.0492. The summed E-state index contributed by atoms with van der Waals surface area (Å²) in [4.78, 5) is 11.9. The molecule has 0 saturated carbocycles. The van der Waals surface area contributed by atoms with E-state index in [9.17, 15) is 4.79 Å². The van der Waals surface area contributed by atoms with Crippen LogP contribution in [0.2, 0.25) is 0 Å². The summed E-state index contributed by atoms with van der Waals surface area (Å²) in [5, 5.41) is 10.2. The fourth-order valence-corrected chi connectivity index (χ4v) is 2.17. The van der Waals surface area contributed by atoms with E-state index in [2.05, 4.69) is 15.8 Å². The van der Waals surface area contributed by atoms with Gasteiger partial charge in [0.15, 0.2) is 0 Å². The van der Waals surface area contributed by atoms with Crippen molar-refractivity contribution in [2.24, 2.45) is 0 Å². The lowest BCUT2D eigenvalue weighted by molar-refractivity contribution is -0.121. The van der Waals surface area contributed by atoms with Crippen molar-refractivity contribution in [2.45, 2.75) is 39.2 Å². The van der Waals surface area contributed by atoms with E-state index in [0.29, 0.717) is 6.42 Å². The molecule has 0 aliphatic carbocycles. The van der Waals surface area contributed by atoms with E-state index in [1.807, 2.05) is 13.8 Å². The SMILES string of the molecule is Cc1noc(C)c1CC(=O)N[C@@H]1CCCNC1. The lowest BCUT2D eigenvalue weighted by atomic mass is 10.1. The number of rotatable bonds is 3. The molecule has 0 bridgehead atoms. The van der Waals surface area contributed by atoms with E-state index >= 15 is 0 Å². The minimum absolute atomic E-state index is 0.0492. The zero-order valence-electron chi connectivity index (χ0n) is 10.4. The molecule has 2 rings (SSSR count). The molecule has 2 heterocycles. The first kappa shape index (κ1) is 12.1. The van der Waals surface area contributed by atoms with E-state index in [-0.39, 0.29) is 11.9 Å². The summed E-state index contributed by atoms with van der Waals surface area (Å²) in [5.41, 5.74) is 1.71. The summed E-state index contributed by atoms with van der Waals surface area (Å²) in [5.74, 6) is 0.785. The molecule has 0 spiro atoms. The topological polar surface area (TPSA) is 67.2 Å². The molecule has 2 N–H and O–H groups in total. The number of carbonyl (C=O) groups is 1. The van der Waals surface area contributed by atoms with Crippen LogP contribution in [0, 0.1) is 13.8 Å². The van der Waals surface area contributed by atoms with E-state index in [1.165, 1.54) is 0 Å². The average Bonchev–Trinajstić information content (AvgIpc) is 2.62. The standard InChI is InChI=1S/C12H19N3O2/c1-8-11(9(2)17-15-8)6-12(16)14-10-4-3-5-13-7-10/h10,13H,3-7H2,1-2H3,(H,14,16)/t10-/m1/s1. The maximum atomic E-state index is 11.9. The molecule has 94 valence electrons.